The summed E-state index contributed by atoms with van der Waals surface area (Å²) in [5.41, 5.74) is 1.03. The van der Waals surface area contributed by atoms with Gasteiger partial charge in [-0.1, -0.05) is 37.3 Å². The van der Waals surface area contributed by atoms with Crippen LogP contribution >= 0.6 is 0 Å². The van der Waals surface area contributed by atoms with Gasteiger partial charge < -0.3 is 14.6 Å². The van der Waals surface area contributed by atoms with Gasteiger partial charge in [0.1, 0.15) is 0 Å². The molecule has 1 heterocycles. The predicted octanol–water partition coefficient (Wildman–Crippen LogP) is 3.52. The van der Waals surface area contributed by atoms with Gasteiger partial charge in [-0.25, -0.2) is 0 Å². The number of Topliss-reactive ketones (excluding diaryl/α,β-unsaturated/α-hetero) is 1. The summed E-state index contributed by atoms with van der Waals surface area (Å²) >= 11 is 0. The van der Waals surface area contributed by atoms with E-state index in [-0.39, 0.29) is 17.6 Å². The largest absolute Gasteiger partial charge is 0.515 e. The fourth-order valence-electron chi connectivity index (χ4n) is 5.23. The van der Waals surface area contributed by atoms with Gasteiger partial charge in [-0.15, -0.1) is 0 Å². The number of carbonyl (C=O) groups is 1. The molecule has 0 aromatic heterocycles. The maximum atomic E-state index is 13.4. The first kappa shape index (κ1) is 15.9. The molecule has 3 fully saturated rings. The molecule has 0 amide bonds. The van der Waals surface area contributed by atoms with Crippen LogP contribution in [0.4, 0.5) is 0 Å². The van der Waals surface area contributed by atoms with Crippen molar-refractivity contribution in [3.63, 3.8) is 0 Å². The van der Waals surface area contributed by atoms with Gasteiger partial charge in [-0.2, -0.15) is 0 Å². The minimum absolute atomic E-state index is 0.0761. The first-order valence-corrected chi connectivity index (χ1v) is 8.85. The van der Waals surface area contributed by atoms with Crippen LogP contribution in [0.5, 0.6) is 0 Å². The molecule has 1 saturated heterocycles. The van der Waals surface area contributed by atoms with Crippen LogP contribution in [-0.2, 0) is 19.7 Å². The summed E-state index contributed by atoms with van der Waals surface area (Å²) in [6.45, 7) is 3.42. The zero-order chi connectivity index (χ0) is 16.8. The molecule has 1 N–H and O–H groups in total. The van der Waals surface area contributed by atoms with E-state index in [1.807, 2.05) is 30.3 Å². The SMILES string of the molecule is CC1C2CCC(=CO)C(=O)C2(c2ccccc2)CCC12OCCO2. The van der Waals surface area contributed by atoms with Crippen LogP contribution in [0.25, 0.3) is 0 Å². The Kier molecular flexibility index (Phi) is 3.77. The van der Waals surface area contributed by atoms with Crippen LogP contribution in [-0.4, -0.2) is 29.9 Å². The van der Waals surface area contributed by atoms with Crippen molar-refractivity contribution >= 4 is 5.78 Å². The van der Waals surface area contributed by atoms with E-state index in [1.54, 1.807) is 0 Å². The van der Waals surface area contributed by atoms with E-state index in [0.717, 1.165) is 18.2 Å². The average molecular weight is 328 g/mol. The van der Waals surface area contributed by atoms with Gasteiger partial charge >= 0.3 is 0 Å². The Morgan fingerprint density at radius 1 is 1.17 bits per heavy atom. The lowest BCUT2D eigenvalue weighted by molar-refractivity contribution is -0.234. The Morgan fingerprint density at radius 3 is 2.54 bits per heavy atom. The van der Waals surface area contributed by atoms with Crippen molar-refractivity contribution in [3.05, 3.63) is 47.7 Å². The molecule has 1 spiro atoms. The molecule has 1 aromatic rings. The fraction of sp³-hybridized carbons (Fsp3) is 0.550. The Labute approximate surface area is 142 Å². The van der Waals surface area contributed by atoms with E-state index in [0.29, 0.717) is 38.0 Å². The predicted molar refractivity (Wildman–Crippen MR) is 89.6 cm³/mol. The highest BCUT2D eigenvalue weighted by Gasteiger charge is 2.61. The standard InChI is InChI=1S/C20H24O4/c1-14-17-8-7-15(13-21)18(22)19(17,16-5-3-2-4-6-16)9-10-20(14)23-11-12-24-20/h2-6,13-14,17,21H,7-12H2,1H3. The maximum absolute atomic E-state index is 13.4. The number of rotatable bonds is 1. The molecule has 3 unspecified atom stereocenters. The number of fused-ring (bicyclic) bond motifs is 1. The second kappa shape index (κ2) is 5.71. The molecule has 2 aliphatic carbocycles. The third kappa shape index (κ3) is 2.02. The Hall–Kier alpha value is -1.65. The summed E-state index contributed by atoms with van der Waals surface area (Å²) in [6, 6.07) is 10.0. The Bertz CT molecular complexity index is 659. The second-order valence-corrected chi connectivity index (χ2v) is 7.26. The van der Waals surface area contributed by atoms with E-state index in [2.05, 4.69) is 6.92 Å². The molecule has 3 atom stereocenters. The zero-order valence-corrected chi connectivity index (χ0v) is 14.0. The summed E-state index contributed by atoms with van der Waals surface area (Å²) in [5, 5.41) is 9.55. The van der Waals surface area contributed by atoms with E-state index in [9.17, 15) is 9.90 Å². The number of allylic oxidation sites excluding steroid dienone is 1. The lowest BCUT2D eigenvalue weighted by atomic mass is 9.51. The highest BCUT2D eigenvalue weighted by molar-refractivity contribution is 6.04. The number of ketones is 1. The first-order chi connectivity index (χ1) is 11.6. The lowest BCUT2D eigenvalue weighted by Gasteiger charge is -2.55. The van der Waals surface area contributed by atoms with Crippen molar-refractivity contribution < 1.29 is 19.4 Å². The second-order valence-electron chi connectivity index (χ2n) is 7.26. The molecular weight excluding hydrogens is 304 g/mol. The highest BCUT2D eigenvalue weighted by atomic mass is 16.7. The maximum Gasteiger partial charge on any atom is 0.172 e. The van der Waals surface area contributed by atoms with Crippen LogP contribution in [0.1, 0.15) is 38.2 Å². The van der Waals surface area contributed by atoms with E-state index < -0.39 is 11.2 Å². The molecule has 128 valence electrons. The van der Waals surface area contributed by atoms with Crippen LogP contribution in [0.15, 0.2) is 42.2 Å². The van der Waals surface area contributed by atoms with Crippen molar-refractivity contribution in [1.82, 2.24) is 0 Å². The van der Waals surface area contributed by atoms with Crippen LogP contribution in [0.2, 0.25) is 0 Å². The number of aliphatic hydroxyl groups excluding tert-OH is 1. The van der Waals surface area contributed by atoms with Gasteiger partial charge in [-0.05, 0) is 30.7 Å². The first-order valence-electron chi connectivity index (χ1n) is 8.85. The normalized spacial score (nSPS) is 36.9. The number of carbonyl (C=O) groups excluding carboxylic acids is 1. The van der Waals surface area contributed by atoms with Crippen LogP contribution < -0.4 is 0 Å². The van der Waals surface area contributed by atoms with E-state index in [4.69, 9.17) is 9.47 Å². The monoisotopic (exact) mass is 328 g/mol. The molecule has 3 aliphatic rings. The lowest BCUT2D eigenvalue weighted by Crippen LogP contribution is -2.59. The van der Waals surface area contributed by atoms with E-state index in [1.165, 1.54) is 0 Å². The molecule has 4 rings (SSSR count). The fourth-order valence-corrected chi connectivity index (χ4v) is 5.23. The van der Waals surface area contributed by atoms with E-state index >= 15 is 0 Å². The van der Waals surface area contributed by atoms with Crippen molar-refractivity contribution in [2.75, 3.05) is 13.2 Å². The van der Waals surface area contributed by atoms with Gasteiger partial charge in [0.2, 0.25) is 0 Å². The van der Waals surface area contributed by atoms with Crippen LogP contribution in [0.3, 0.4) is 0 Å². The summed E-state index contributed by atoms with van der Waals surface area (Å²) in [7, 11) is 0. The molecule has 2 saturated carbocycles. The summed E-state index contributed by atoms with van der Waals surface area (Å²) in [6.07, 6.45) is 3.91. The third-order valence-electron chi connectivity index (χ3n) is 6.44. The Balaban J connectivity index is 1.83. The summed E-state index contributed by atoms with van der Waals surface area (Å²) < 4.78 is 12.0. The number of ether oxygens (including phenoxy) is 2. The third-order valence-corrected chi connectivity index (χ3v) is 6.44. The van der Waals surface area contributed by atoms with Gasteiger partial charge in [0.15, 0.2) is 11.6 Å². The molecule has 24 heavy (non-hydrogen) atoms. The van der Waals surface area contributed by atoms with Gasteiger partial charge in [0.05, 0.1) is 24.9 Å². The zero-order valence-electron chi connectivity index (χ0n) is 14.0. The average Bonchev–Trinajstić information content (AvgIpc) is 3.10. The highest BCUT2D eigenvalue weighted by Crippen LogP contribution is 2.58. The molecular formula is C20H24O4. The smallest absolute Gasteiger partial charge is 0.172 e. The molecule has 4 nitrogen and oxygen atoms in total. The summed E-state index contributed by atoms with van der Waals surface area (Å²) in [5.74, 6) is -0.169. The van der Waals surface area contributed by atoms with Crippen molar-refractivity contribution in [2.24, 2.45) is 11.8 Å². The summed E-state index contributed by atoms with van der Waals surface area (Å²) in [4.78, 5) is 13.4. The molecule has 0 bridgehead atoms. The number of hydrogen-bond donors (Lipinski definition) is 1. The van der Waals surface area contributed by atoms with Crippen molar-refractivity contribution in [1.29, 1.82) is 0 Å². The minimum Gasteiger partial charge on any atom is -0.515 e. The van der Waals surface area contributed by atoms with Gasteiger partial charge in [0, 0.05) is 17.9 Å². The number of aliphatic hydroxyl groups is 1. The topological polar surface area (TPSA) is 55.8 Å². The molecule has 1 aromatic carbocycles. The number of benzene rings is 1. The quantitative estimate of drug-likeness (QED) is 0.633. The molecule has 1 aliphatic heterocycles. The molecule has 4 heteroatoms. The Morgan fingerprint density at radius 2 is 1.88 bits per heavy atom. The van der Waals surface area contributed by atoms with Crippen molar-refractivity contribution in [3.8, 4) is 0 Å². The molecule has 0 radical (unpaired) electrons. The van der Waals surface area contributed by atoms with Gasteiger partial charge in [0.25, 0.3) is 0 Å². The van der Waals surface area contributed by atoms with Crippen molar-refractivity contribution in [2.45, 2.75) is 43.8 Å². The minimum atomic E-state index is -0.575. The number of hydrogen-bond acceptors (Lipinski definition) is 4. The van der Waals surface area contributed by atoms with Crippen LogP contribution in [0, 0.1) is 11.8 Å². The van der Waals surface area contributed by atoms with Gasteiger partial charge in [-0.3, -0.25) is 4.79 Å².